The molecule has 2 aromatic heterocycles. The van der Waals surface area contributed by atoms with Crippen LogP contribution in [-0.4, -0.2) is 75.2 Å². The molecule has 4 N–H and O–H groups in total. The van der Waals surface area contributed by atoms with E-state index in [0.29, 0.717) is 18.8 Å². The summed E-state index contributed by atoms with van der Waals surface area (Å²) in [6.07, 6.45) is 4.05. The molecular formula is C19H26N6O6. The average Bonchev–Trinajstić information content (AvgIpc) is 3.00. The molecule has 1 fully saturated rings. The first-order chi connectivity index (χ1) is 14.9. The number of aromatic amines is 1. The third-order valence-corrected chi connectivity index (χ3v) is 4.18. The van der Waals surface area contributed by atoms with Gasteiger partial charge < -0.3 is 30.3 Å². The smallest absolute Gasteiger partial charge is 0.317 e. The minimum absolute atomic E-state index is 0.130. The molecule has 3 rings (SSSR count). The molecule has 1 aliphatic rings. The molecule has 12 heteroatoms. The predicted octanol–water partition coefficient (Wildman–Crippen LogP) is 0.297. The Balaban J connectivity index is 0.000000720. The van der Waals surface area contributed by atoms with Crippen LogP contribution in [-0.2, 0) is 16.1 Å². The SMILES string of the molecule is Cc1cc(N2CCCN(C(=O)NCc3cc(=O)[nH]cn3)CC2)ccn1.O=CO.O=CO. The Morgan fingerprint density at radius 3 is 2.52 bits per heavy atom. The second-order valence-corrected chi connectivity index (χ2v) is 6.26. The Morgan fingerprint density at radius 2 is 1.87 bits per heavy atom. The molecular weight excluding hydrogens is 408 g/mol. The second-order valence-electron chi connectivity index (χ2n) is 6.26. The number of hydrogen-bond acceptors (Lipinski definition) is 7. The summed E-state index contributed by atoms with van der Waals surface area (Å²) in [6.45, 7) is 4.75. The van der Waals surface area contributed by atoms with Gasteiger partial charge in [0.2, 0.25) is 0 Å². The van der Waals surface area contributed by atoms with Crippen LogP contribution in [0.3, 0.4) is 0 Å². The van der Waals surface area contributed by atoms with Gasteiger partial charge in [0.15, 0.2) is 0 Å². The Bertz CT molecular complexity index is 884. The standard InChI is InChI=1S/C17H22N6O2.2CH2O2/c1-13-9-15(3-4-18-13)22-5-2-6-23(8-7-22)17(25)19-11-14-10-16(24)21-12-20-14;2*2-1-3/h3-4,9-10,12H,2,5-8,11H2,1H3,(H,19,25)(H,20,21,24);2*1H,(H,2,3). The maximum absolute atomic E-state index is 12.4. The van der Waals surface area contributed by atoms with Gasteiger partial charge in [-0.25, -0.2) is 9.78 Å². The predicted molar refractivity (Wildman–Crippen MR) is 112 cm³/mol. The fraction of sp³-hybridized carbons (Fsp3) is 0.368. The summed E-state index contributed by atoms with van der Waals surface area (Å²) in [4.78, 5) is 55.2. The normalized spacial score (nSPS) is 12.8. The number of nitrogens with one attached hydrogen (secondary N) is 2. The summed E-state index contributed by atoms with van der Waals surface area (Å²) in [5.41, 5.74) is 2.45. The highest BCUT2D eigenvalue weighted by atomic mass is 16.3. The van der Waals surface area contributed by atoms with E-state index in [-0.39, 0.29) is 31.1 Å². The van der Waals surface area contributed by atoms with Crippen molar-refractivity contribution in [3.8, 4) is 0 Å². The molecule has 2 amide bonds. The topological polar surface area (TPSA) is 169 Å². The van der Waals surface area contributed by atoms with Crippen molar-refractivity contribution in [1.29, 1.82) is 0 Å². The minimum Gasteiger partial charge on any atom is -0.483 e. The molecule has 0 bridgehead atoms. The molecule has 0 spiro atoms. The van der Waals surface area contributed by atoms with Crippen molar-refractivity contribution >= 4 is 24.7 Å². The van der Waals surface area contributed by atoms with Crippen molar-refractivity contribution in [3.05, 3.63) is 52.5 Å². The summed E-state index contributed by atoms with van der Waals surface area (Å²) in [6, 6.07) is 5.32. The summed E-state index contributed by atoms with van der Waals surface area (Å²) in [5.74, 6) is 0. The van der Waals surface area contributed by atoms with Gasteiger partial charge in [-0.1, -0.05) is 0 Å². The number of hydrogen-bond donors (Lipinski definition) is 4. The molecule has 2 aromatic rings. The number of carboxylic acid groups (broad SMARTS) is 2. The highest BCUT2D eigenvalue weighted by Crippen LogP contribution is 2.16. The van der Waals surface area contributed by atoms with Crippen LogP contribution in [0.4, 0.5) is 10.5 Å². The second kappa shape index (κ2) is 14.1. The highest BCUT2D eigenvalue weighted by Gasteiger charge is 2.19. The lowest BCUT2D eigenvalue weighted by molar-refractivity contribution is -0.123. The van der Waals surface area contributed by atoms with Crippen LogP contribution in [0.15, 0.2) is 35.5 Å². The molecule has 12 nitrogen and oxygen atoms in total. The summed E-state index contributed by atoms with van der Waals surface area (Å²) in [7, 11) is 0. The van der Waals surface area contributed by atoms with E-state index in [1.165, 1.54) is 12.4 Å². The lowest BCUT2D eigenvalue weighted by Crippen LogP contribution is -2.42. The Hall–Kier alpha value is -3.96. The van der Waals surface area contributed by atoms with E-state index in [4.69, 9.17) is 19.8 Å². The zero-order valence-corrected chi connectivity index (χ0v) is 17.1. The molecule has 0 saturated carbocycles. The Kier molecular flexibility index (Phi) is 11.4. The zero-order valence-electron chi connectivity index (χ0n) is 17.1. The van der Waals surface area contributed by atoms with Crippen molar-refractivity contribution < 1.29 is 24.6 Å². The van der Waals surface area contributed by atoms with Crippen molar-refractivity contribution in [2.75, 3.05) is 31.1 Å². The highest BCUT2D eigenvalue weighted by molar-refractivity contribution is 5.74. The fourth-order valence-electron chi connectivity index (χ4n) is 2.89. The van der Waals surface area contributed by atoms with E-state index < -0.39 is 0 Å². The maximum atomic E-state index is 12.4. The molecule has 168 valence electrons. The van der Waals surface area contributed by atoms with E-state index in [2.05, 4.69) is 31.2 Å². The molecule has 0 aromatic carbocycles. The quantitative estimate of drug-likeness (QED) is 0.496. The molecule has 0 atom stereocenters. The number of pyridine rings is 1. The molecule has 0 unspecified atom stereocenters. The first kappa shape index (κ1) is 25.1. The first-order valence-electron chi connectivity index (χ1n) is 9.34. The number of urea groups is 1. The van der Waals surface area contributed by atoms with Crippen LogP contribution >= 0.6 is 0 Å². The van der Waals surface area contributed by atoms with Gasteiger partial charge in [0, 0.05) is 49.8 Å². The van der Waals surface area contributed by atoms with Crippen LogP contribution in [0.5, 0.6) is 0 Å². The van der Waals surface area contributed by atoms with Gasteiger partial charge in [0.05, 0.1) is 18.6 Å². The number of aromatic nitrogens is 3. The number of rotatable bonds is 3. The average molecular weight is 434 g/mol. The number of H-pyrrole nitrogens is 1. The van der Waals surface area contributed by atoms with Gasteiger partial charge in [0.25, 0.3) is 18.5 Å². The van der Waals surface area contributed by atoms with Gasteiger partial charge in [0.1, 0.15) is 0 Å². The van der Waals surface area contributed by atoms with E-state index >= 15 is 0 Å². The number of carbonyl (C=O) groups excluding carboxylic acids is 1. The van der Waals surface area contributed by atoms with Gasteiger partial charge in [-0.2, -0.15) is 0 Å². The van der Waals surface area contributed by atoms with Crippen LogP contribution in [0.25, 0.3) is 0 Å². The van der Waals surface area contributed by atoms with Crippen LogP contribution in [0.1, 0.15) is 17.8 Å². The van der Waals surface area contributed by atoms with Crippen molar-refractivity contribution in [2.45, 2.75) is 19.9 Å². The third kappa shape index (κ3) is 9.39. The zero-order chi connectivity index (χ0) is 23.1. The Morgan fingerprint density at radius 1 is 1.16 bits per heavy atom. The van der Waals surface area contributed by atoms with Crippen molar-refractivity contribution in [2.24, 2.45) is 0 Å². The van der Waals surface area contributed by atoms with Crippen molar-refractivity contribution in [1.82, 2.24) is 25.2 Å². The van der Waals surface area contributed by atoms with E-state index in [1.807, 2.05) is 19.2 Å². The van der Waals surface area contributed by atoms with Crippen LogP contribution in [0, 0.1) is 6.92 Å². The van der Waals surface area contributed by atoms with Crippen LogP contribution in [0.2, 0.25) is 0 Å². The van der Waals surface area contributed by atoms with E-state index in [0.717, 1.165) is 30.9 Å². The Labute approximate surface area is 178 Å². The van der Waals surface area contributed by atoms with Gasteiger partial charge in [-0.05, 0) is 25.5 Å². The molecule has 31 heavy (non-hydrogen) atoms. The summed E-state index contributed by atoms with van der Waals surface area (Å²) < 4.78 is 0. The number of aryl methyl sites for hydroxylation is 1. The van der Waals surface area contributed by atoms with Crippen molar-refractivity contribution in [3.63, 3.8) is 0 Å². The molecule has 1 saturated heterocycles. The molecule has 0 radical (unpaired) electrons. The summed E-state index contributed by atoms with van der Waals surface area (Å²) in [5, 5.41) is 16.6. The number of nitrogens with zero attached hydrogens (tertiary/aromatic N) is 4. The minimum atomic E-state index is -0.250. The molecule has 1 aliphatic heterocycles. The largest absolute Gasteiger partial charge is 0.483 e. The molecule has 3 heterocycles. The fourth-order valence-corrected chi connectivity index (χ4v) is 2.89. The van der Waals surface area contributed by atoms with Gasteiger partial charge >= 0.3 is 6.03 Å². The van der Waals surface area contributed by atoms with E-state index in [1.54, 1.807) is 4.90 Å². The lowest BCUT2D eigenvalue weighted by atomic mass is 10.3. The monoisotopic (exact) mass is 434 g/mol. The van der Waals surface area contributed by atoms with Gasteiger partial charge in [-0.15, -0.1) is 0 Å². The van der Waals surface area contributed by atoms with E-state index in [9.17, 15) is 9.59 Å². The first-order valence-corrected chi connectivity index (χ1v) is 9.34. The van der Waals surface area contributed by atoms with Gasteiger partial charge in [-0.3, -0.25) is 19.4 Å². The molecule has 0 aliphatic carbocycles. The van der Waals surface area contributed by atoms with Crippen LogP contribution < -0.4 is 15.8 Å². The number of carbonyl (C=O) groups is 3. The number of amides is 2. The third-order valence-electron chi connectivity index (χ3n) is 4.18. The summed E-state index contributed by atoms with van der Waals surface area (Å²) >= 11 is 0. The maximum Gasteiger partial charge on any atom is 0.317 e. The lowest BCUT2D eigenvalue weighted by Gasteiger charge is -2.24. The number of anilines is 1.